The molecule has 0 aliphatic rings. The van der Waals surface area contributed by atoms with E-state index in [0.717, 1.165) is 10.8 Å². The largest absolute Gasteiger partial charge is 0.157 e. The average Bonchev–Trinajstić information content (AvgIpc) is 2.24. The van der Waals surface area contributed by atoms with Crippen molar-refractivity contribution >= 4 is 23.4 Å². The second-order valence-electron chi connectivity index (χ2n) is 2.64. The Labute approximate surface area is 97.1 Å². The van der Waals surface area contributed by atoms with Gasteiger partial charge in [-0.1, -0.05) is 50.6 Å². The first-order valence-electron chi connectivity index (χ1n) is 5.15. The first-order valence-corrected chi connectivity index (χ1v) is 6.69. The molecular formula is C12H19ClS. The lowest BCUT2D eigenvalue weighted by molar-refractivity contribution is 1.10. The summed E-state index contributed by atoms with van der Waals surface area (Å²) in [7, 11) is 0. The molecule has 0 heterocycles. The van der Waals surface area contributed by atoms with Gasteiger partial charge in [-0.2, -0.15) is 11.8 Å². The van der Waals surface area contributed by atoms with Gasteiger partial charge in [0.1, 0.15) is 0 Å². The first-order chi connectivity index (χ1) is 6.84. The number of hydrogen-bond acceptors (Lipinski definition) is 1. The maximum Gasteiger partial charge on any atom is 0.0446 e. The van der Waals surface area contributed by atoms with E-state index in [-0.39, 0.29) is 0 Å². The van der Waals surface area contributed by atoms with Gasteiger partial charge in [0.25, 0.3) is 0 Å². The van der Waals surface area contributed by atoms with Gasteiger partial charge in [0, 0.05) is 10.8 Å². The van der Waals surface area contributed by atoms with Crippen molar-refractivity contribution < 1.29 is 0 Å². The summed E-state index contributed by atoms with van der Waals surface area (Å²) >= 11 is 7.93. The standard InChI is InChI=1S/C10H13ClS.C2H6/c1-2-7-12-8-9-5-3-4-6-10(9)11;1-2/h3-6H,2,7-8H2,1H3;1-2H3. The van der Waals surface area contributed by atoms with Gasteiger partial charge in [-0.05, 0) is 23.8 Å². The van der Waals surface area contributed by atoms with E-state index in [1.807, 2.05) is 43.8 Å². The van der Waals surface area contributed by atoms with Crippen LogP contribution in [0.25, 0.3) is 0 Å². The molecule has 0 amide bonds. The molecule has 1 rings (SSSR count). The summed E-state index contributed by atoms with van der Waals surface area (Å²) in [4.78, 5) is 0. The van der Waals surface area contributed by atoms with Crippen LogP contribution < -0.4 is 0 Å². The van der Waals surface area contributed by atoms with Crippen LogP contribution in [0.2, 0.25) is 5.02 Å². The highest BCUT2D eigenvalue weighted by Crippen LogP contribution is 2.20. The fraction of sp³-hybridized carbons (Fsp3) is 0.500. The lowest BCUT2D eigenvalue weighted by atomic mass is 10.2. The zero-order chi connectivity index (χ0) is 10.8. The molecule has 0 fully saturated rings. The molecule has 14 heavy (non-hydrogen) atoms. The summed E-state index contributed by atoms with van der Waals surface area (Å²) in [6.45, 7) is 6.19. The Morgan fingerprint density at radius 1 is 1.21 bits per heavy atom. The van der Waals surface area contributed by atoms with E-state index in [1.54, 1.807) is 0 Å². The second-order valence-corrected chi connectivity index (χ2v) is 4.16. The molecule has 0 N–H and O–H groups in total. The van der Waals surface area contributed by atoms with Gasteiger partial charge in [-0.15, -0.1) is 0 Å². The zero-order valence-corrected chi connectivity index (χ0v) is 10.8. The maximum atomic E-state index is 5.99. The first kappa shape index (κ1) is 13.9. The van der Waals surface area contributed by atoms with Crippen molar-refractivity contribution in [3.05, 3.63) is 34.9 Å². The van der Waals surface area contributed by atoms with Crippen LogP contribution in [0.5, 0.6) is 0 Å². The Balaban J connectivity index is 0.000000791. The summed E-state index contributed by atoms with van der Waals surface area (Å²) < 4.78 is 0. The van der Waals surface area contributed by atoms with Crippen LogP contribution in [0.4, 0.5) is 0 Å². The average molecular weight is 231 g/mol. The maximum absolute atomic E-state index is 5.99. The third-order valence-corrected chi connectivity index (χ3v) is 3.14. The zero-order valence-electron chi connectivity index (χ0n) is 9.22. The fourth-order valence-electron chi connectivity index (χ4n) is 0.942. The highest BCUT2D eigenvalue weighted by molar-refractivity contribution is 7.98. The van der Waals surface area contributed by atoms with E-state index in [1.165, 1.54) is 17.7 Å². The smallest absolute Gasteiger partial charge is 0.0446 e. The highest BCUT2D eigenvalue weighted by atomic mass is 35.5. The van der Waals surface area contributed by atoms with Crippen LogP contribution in [-0.2, 0) is 5.75 Å². The molecule has 0 unspecified atom stereocenters. The predicted molar refractivity (Wildman–Crippen MR) is 69.3 cm³/mol. The second kappa shape index (κ2) is 9.42. The summed E-state index contributed by atoms with van der Waals surface area (Å²) in [5.41, 5.74) is 1.25. The number of halogens is 1. The molecule has 1 aromatic rings. The number of thioether (sulfide) groups is 1. The molecule has 0 aliphatic heterocycles. The molecular weight excluding hydrogens is 212 g/mol. The quantitative estimate of drug-likeness (QED) is 0.656. The van der Waals surface area contributed by atoms with Crippen molar-refractivity contribution in [1.82, 2.24) is 0 Å². The minimum Gasteiger partial charge on any atom is -0.157 e. The number of rotatable bonds is 4. The molecule has 0 aromatic heterocycles. The molecule has 0 bridgehead atoms. The molecule has 0 aliphatic carbocycles. The van der Waals surface area contributed by atoms with E-state index in [9.17, 15) is 0 Å². The van der Waals surface area contributed by atoms with Gasteiger partial charge in [-0.25, -0.2) is 0 Å². The van der Waals surface area contributed by atoms with Crippen molar-refractivity contribution in [3.8, 4) is 0 Å². The van der Waals surface area contributed by atoms with Crippen molar-refractivity contribution in [1.29, 1.82) is 0 Å². The lowest BCUT2D eigenvalue weighted by Gasteiger charge is -2.01. The fourth-order valence-corrected chi connectivity index (χ4v) is 2.13. The summed E-state index contributed by atoms with van der Waals surface area (Å²) in [6, 6.07) is 8.04. The Hall–Kier alpha value is -0.140. The molecule has 0 atom stereocenters. The van der Waals surface area contributed by atoms with E-state index in [4.69, 9.17) is 11.6 Å². The monoisotopic (exact) mass is 230 g/mol. The van der Waals surface area contributed by atoms with Crippen molar-refractivity contribution in [3.63, 3.8) is 0 Å². The Morgan fingerprint density at radius 2 is 1.86 bits per heavy atom. The minimum atomic E-state index is 0.890. The predicted octanol–water partition coefficient (Wildman–Crippen LogP) is 5.01. The summed E-state index contributed by atoms with van der Waals surface area (Å²) in [5, 5.41) is 0.890. The Kier molecular flexibility index (Phi) is 9.32. The minimum absolute atomic E-state index is 0.890. The molecule has 0 saturated carbocycles. The van der Waals surface area contributed by atoms with Crippen LogP contribution in [0.1, 0.15) is 32.8 Å². The topological polar surface area (TPSA) is 0 Å². The van der Waals surface area contributed by atoms with Gasteiger partial charge in [0.15, 0.2) is 0 Å². The molecule has 0 radical (unpaired) electrons. The van der Waals surface area contributed by atoms with Crippen molar-refractivity contribution in [2.75, 3.05) is 5.75 Å². The van der Waals surface area contributed by atoms with Gasteiger partial charge in [0.2, 0.25) is 0 Å². The molecule has 0 saturated heterocycles. The van der Waals surface area contributed by atoms with Crippen LogP contribution in [0.15, 0.2) is 24.3 Å². The van der Waals surface area contributed by atoms with Crippen LogP contribution in [0, 0.1) is 0 Å². The summed E-state index contributed by atoms with van der Waals surface area (Å²) in [5.74, 6) is 2.25. The number of hydrogen-bond donors (Lipinski definition) is 0. The third-order valence-electron chi connectivity index (χ3n) is 1.56. The van der Waals surface area contributed by atoms with Crippen LogP contribution in [-0.4, -0.2) is 5.75 Å². The van der Waals surface area contributed by atoms with Gasteiger partial charge < -0.3 is 0 Å². The van der Waals surface area contributed by atoms with Crippen LogP contribution in [0.3, 0.4) is 0 Å². The molecule has 0 spiro atoms. The van der Waals surface area contributed by atoms with E-state index in [2.05, 4.69) is 13.0 Å². The molecule has 1 aromatic carbocycles. The summed E-state index contributed by atoms with van der Waals surface area (Å²) in [6.07, 6.45) is 1.23. The highest BCUT2D eigenvalue weighted by Gasteiger charge is 1.97. The Morgan fingerprint density at radius 3 is 2.43 bits per heavy atom. The van der Waals surface area contributed by atoms with E-state index in [0.29, 0.717) is 0 Å². The number of benzene rings is 1. The SMILES string of the molecule is CC.CCCSCc1ccccc1Cl. The third kappa shape index (κ3) is 5.56. The molecule has 80 valence electrons. The van der Waals surface area contributed by atoms with Gasteiger partial charge in [0.05, 0.1) is 0 Å². The van der Waals surface area contributed by atoms with Crippen LogP contribution >= 0.6 is 23.4 Å². The normalized spacial score (nSPS) is 9.14. The van der Waals surface area contributed by atoms with Gasteiger partial charge in [-0.3, -0.25) is 0 Å². The lowest BCUT2D eigenvalue weighted by Crippen LogP contribution is -1.82. The Bertz CT molecular complexity index is 236. The van der Waals surface area contributed by atoms with Gasteiger partial charge >= 0.3 is 0 Å². The van der Waals surface area contributed by atoms with E-state index < -0.39 is 0 Å². The molecule has 0 nitrogen and oxygen atoms in total. The van der Waals surface area contributed by atoms with Crippen molar-refractivity contribution in [2.45, 2.75) is 32.9 Å². The molecule has 2 heteroatoms. The van der Waals surface area contributed by atoms with Crippen molar-refractivity contribution in [2.24, 2.45) is 0 Å². The van der Waals surface area contributed by atoms with E-state index >= 15 is 0 Å².